The molecule has 1 aliphatic carbocycles. The molecule has 1 aliphatic rings. The summed E-state index contributed by atoms with van der Waals surface area (Å²) in [5.41, 5.74) is 1.13. The third-order valence-electron chi connectivity index (χ3n) is 5.08. The number of halogens is 6. The number of aryl methyl sites for hydroxylation is 1. The molecule has 0 aromatic heterocycles. The van der Waals surface area contributed by atoms with Crippen LogP contribution in [0, 0.1) is 12.3 Å². The fourth-order valence-electron chi connectivity index (χ4n) is 3.90. The summed E-state index contributed by atoms with van der Waals surface area (Å²) < 4.78 is 80.4. The van der Waals surface area contributed by atoms with E-state index in [-0.39, 0.29) is 11.6 Å². The van der Waals surface area contributed by atoms with Gasteiger partial charge in [-0.2, -0.15) is 26.3 Å². The number of allylic oxidation sites excluding steroid dienone is 1. The quantitative estimate of drug-likeness (QED) is 0.422. The van der Waals surface area contributed by atoms with E-state index in [2.05, 4.69) is 13.8 Å². The predicted octanol–water partition coefficient (Wildman–Crippen LogP) is 8.34. The van der Waals surface area contributed by atoms with E-state index >= 15 is 0 Å². The SMILES string of the molecule is CCCc1ccc2c(c1-c1cc(C(F)(F)F)cc(C(F)(F)F)c1)C=C(CC(C)C)[CH]2. The first-order valence-corrected chi connectivity index (χ1v) is 9.91. The highest BCUT2D eigenvalue weighted by atomic mass is 19.4. The van der Waals surface area contributed by atoms with Gasteiger partial charge in [0.15, 0.2) is 0 Å². The van der Waals surface area contributed by atoms with Crippen molar-refractivity contribution in [3.8, 4) is 11.1 Å². The Bertz CT molecular complexity index is 929. The predicted molar refractivity (Wildman–Crippen MR) is 107 cm³/mol. The first-order chi connectivity index (χ1) is 13.9. The van der Waals surface area contributed by atoms with E-state index < -0.39 is 23.5 Å². The van der Waals surface area contributed by atoms with Gasteiger partial charge in [0.05, 0.1) is 11.1 Å². The standard InChI is InChI=1S/C24H23F6/c1-4-5-16-6-7-17-9-15(8-14(2)3)10-21(17)22(16)18-11-19(23(25,26)27)13-20(12-18)24(28,29)30/h6-7,9-14H,4-5,8H2,1-3H3. The maximum absolute atomic E-state index is 13.4. The van der Waals surface area contributed by atoms with Gasteiger partial charge in [-0.25, -0.2) is 0 Å². The summed E-state index contributed by atoms with van der Waals surface area (Å²) in [6.07, 6.45) is -3.80. The number of benzene rings is 2. The van der Waals surface area contributed by atoms with Gasteiger partial charge in [0.1, 0.15) is 0 Å². The number of hydrogen-bond donors (Lipinski definition) is 0. The molecule has 0 N–H and O–H groups in total. The van der Waals surface area contributed by atoms with Crippen LogP contribution in [0.25, 0.3) is 17.2 Å². The number of hydrogen-bond acceptors (Lipinski definition) is 0. The highest BCUT2D eigenvalue weighted by Gasteiger charge is 2.37. The van der Waals surface area contributed by atoms with Gasteiger partial charge in [-0.1, -0.05) is 51.0 Å². The van der Waals surface area contributed by atoms with Crippen molar-refractivity contribution in [2.45, 2.75) is 52.4 Å². The smallest absolute Gasteiger partial charge is 0.166 e. The van der Waals surface area contributed by atoms with Gasteiger partial charge in [-0.15, -0.1) is 0 Å². The minimum atomic E-state index is -4.87. The second-order valence-electron chi connectivity index (χ2n) is 8.11. The van der Waals surface area contributed by atoms with Crippen LogP contribution in [-0.4, -0.2) is 0 Å². The van der Waals surface area contributed by atoms with Gasteiger partial charge in [0.2, 0.25) is 0 Å². The zero-order chi connectivity index (χ0) is 22.3. The van der Waals surface area contributed by atoms with E-state index in [1.54, 1.807) is 0 Å². The van der Waals surface area contributed by atoms with Crippen molar-refractivity contribution in [1.29, 1.82) is 0 Å². The van der Waals surface area contributed by atoms with Crippen LogP contribution in [0.5, 0.6) is 0 Å². The van der Waals surface area contributed by atoms with Crippen LogP contribution in [0.4, 0.5) is 26.3 Å². The second-order valence-corrected chi connectivity index (χ2v) is 8.11. The van der Waals surface area contributed by atoms with Crippen molar-refractivity contribution in [2.75, 3.05) is 0 Å². The number of rotatable bonds is 5. The lowest BCUT2D eigenvalue weighted by Gasteiger charge is -2.18. The second kappa shape index (κ2) is 8.12. The molecular formula is C24H23F6. The molecule has 0 bridgehead atoms. The minimum absolute atomic E-state index is 0.0482. The van der Waals surface area contributed by atoms with E-state index in [4.69, 9.17) is 0 Å². The largest absolute Gasteiger partial charge is 0.416 e. The molecule has 1 radical (unpaired) electrons. The van der Waals surface area contributed by atoms with Gasteiger partial charge >= 0.3 is 12.4 Å². The van der Waals surface area contributed by atoms with Crippen LogP contribution < -0.4 is 0 Å². The summed E-state index contributed by atoms with van der Waals surface area (Å²) in [4.78, 5) is 0. The molecule has 0 saturated heterocycles. The Balaban J connectivity index is 2.27. The van der Waals surface area contributed by atoms with Crippen LogP contribution in [0.1, 0.15) is 61.4 Å². The topological polar surface area (TPSA) is 0 Å². The zero-order valence-corrected chi connectivity index (χ0v) is 17.0. The van der Waals surface area contributed by atoms with Crippen LogP contribution in [0.3, 0.4) is 0 Å². The maximum atomic E-state index is 13.4. The average molecular weight is 425 g/mol. The summed E-state index contributed by atoms with van der Waals surface area (Å²) in [5, 5.41) is 0. The highest BCUT2D eigenvalue weighted by Crippen LogP contribution is 2.43. The molecule has 0 unspecified atom stereocenters. The molecule has 0 spiro atoms. The zero-order valence-electron chi connectivity index (χ0n) is 17.0. The summed E-state index contributed by atoms with van der Waals surface area (Å²) in [5.74, 6) is 0.380. The van der Waals surface area contributed by atoms with Crippen molar-refractivity contribution < 1.29 is 26.3 Å². The third-order valence-corrected chi connectivity index (χ3v) is 5.08. The van der Waals surface area contributed by atoms with Crippen LogP contribution in [-0.2, 0) is 18.8 Å². The Morgan fingerprint density at radius 3 is 1.97 bits per heavy atom. The maximum Gasteiger partial charge on any atom is 0.416 e. The van der Waals surface area contributed by atoms with Crippen molar-refractivity contribution in [1.82, 2.24) is 0 Å². The van der Waals surface area contributed by atoms with Crippen molar-refractivity contribution >= 4 is 6.08 Å². The van der Waals surface area contributed by atoms with Crippen LogP contribution >= 0.6 is 0 Å². The molecule has 0 aliphatic heterocycles. The van der Waals surface area contributed by atoms with Gasteiger partial charge in [-0.05, 0) is 64.8 Å². The Morgan fingerprint density at radius 2 is 1.47 bits per heavy atom. The molecule has 0 fully saturated rings. The summed E-state index contributed by atoms with van der Waals surface area (Å²) in [6, 6.07) is 5.55. The van der Waals surface area contributed by atoms with E-state index in [1.807, 2.05) is 31.6 Å². The summed E-state index contributed by atoms with van der Waals surface area (Å²) >= 11 is 0. The van der Waals surface area contributed by atoms with Gasteiger partial charge in [0, 0.05) is 6.42 Å². The molecule has 161 valence electrons. The fraction of sp³-hybridized carbons (Fsp3) is 0.375. The monoisotopic (exact) mass is 425 g/mol. The van der Waals surface area contributed by atoms with Crippen molar-refractivity contribution in [2.24, 2.45) is 5.92 Å². The van der Waals surface area contributed by atoms with Gasteiger partial charge in [-0.3, -0.25) is 0 Å². The lowest BCUT2D eigenvalue weighted by Crippen LogP contribution is -2.11. The molecule has 3 rings (SSSR count). The molecule has 0 amide bonds. The normalized spacial score (nSPS) is 14.3. The van der Waals surface area contributed by atoms with E-state index in [0.29, 0.717) is 23.5 Å². The lowest BCUT2D eigenvalue weighted by atomic mass is 9.88. The summed E-state index contributed by atoms with van der Waals surface area (Å²) in [6.45, 7) is 6.05. The molecular weight excluding hydrogens is 402 g/mol. The molecule has 0 saturated carbocycles. The molecule has 0 nitrogen and oxygen atoms in total. The summed E-state index contributed by atoms with van der Waals surface area (Å²) in [7, 11) is 0. The fourth-order valence-corrected chi connectivity index (χ4v) is 3.90. The van der Waals surface area contributed by atoms with E-state index in [1.165, 1.54) is 0 Å². The number of alkyl halides is 6. The Labute approximate surface area is 172 Å². The minimum Gasteiger partial charge on any atom is -0.166 e. The third kappa shape index (κ3) is 4.73. The molecule has 6 heteroatoms. The Hall–Kier alpha value is -2.24. The highest BCUT2D eigenvalue weighted by molar-refractivity contribution is 5.86. The lowest BCUT2D eigenvalue weighted by molar-refractivity contribution is -0.143. The molecule has 0 atom stereocenters. The van der Waals surface area contributed by atoms with E-state index in [9.17, 15) is 26.3 Å². The molecule has 0 heterocycles. The van der Waals surface area contributed by atoms with Gasteiger partial charge < -0.3 is 0 Å². The van der Waals surface area contributed by atoms with Crippen LogP contribution in [0.15, 0.2) is 35.9 Å². The Kier molecular flexibility index (Phi) is 6.08. The van der Waals surface area contributed by atoms with Crippen molar-refractivity contribution in [3.63, 3.8) is 0 Å². The molecule has 2 aromatic carbocycles. The van der Waals surface area contributed by atoms with E-state index in [0.717, 1.165) is 41.7 Å². The van der Waals surface area contributed by atoms with Crippen molar-refractivity contribution in [3.05, 3.63) is 70.1 Å². The first kappa shape index (κ1) is 22.4. The van der Waals surface area contributed by atoms with Gasteiger partial charge in [0.25, 0.3) is 0 Å². The molecule has 2 aromatic rings. The average Bonchev–Trinajstić information content (AvgIpc) is 3.01. The van der Waals surface area contributed by atoms with Crippen LogP contribution in [0.2, 0.25) is 0 Å². The molecule has 30 heavy (non-hydrogen) atoms. The number of fused-ring (bicyclic) bond motifs is 1. The first-order valence-electron chi connectivity index (χ1n) is 9.91. The Morgan fingerprint density at radius 1 is 0.867 bits per heavy atom.